The number of anilines is 2. The Kier molecular flexibility index (Phi) is 6.63. The molecule has 1 saturated heterocycles. The van der Waals surface area contributed by atoms with Crippen molar-refractivity contribution >= 4 is 57.8 Å². The third-order valence-corrected chi connectivity index (χ3v) is 6.35. The van der Waals surface area contributed by atoms with Crippen molar-refractivity contribution < 1.29 is 9.63 Å². The number of carbonyl (C=O) groups is 1. The Bertz CT molecular complexity index is 1010. The average molecular weight is 482 g/mol. The molecular formula is C22H23Cl3N4O2. The summed E-state index contributed by atoms with van der Waals surface area (Å²) in [7, 11) is 1.63. The number of amides is 1. The van der Waals surface area contributed by atoms with E-state index in [1.807, 2.05) is 42.5 Å². The van der Waals surface area contributed by atoms with Crippen LogP contribution in [-0.4, -0.2) is 42.6 Å². The van der Waals surface area contributed by atoms with Crippen LogP contribution >= 0.6 is 34.8 Å². The second kappa shape index (κ2) is 9.25. The maximum absolute atomic E-state index is 12.1. The first-order valence-corrected chi connectivity index (χ1v) is 11.3. The number of hydrogen-bond donors (Lipinski definition) is 1. The highest BCUT2D eigenvalue weighted by molar-refractivity contribution is 6.54. The summed E-state index contributed by atoms with van der Waals surface area (Å²) in [5, 5.41) is 5.00. The molecule has 2 heterocycles. The van der Waals surface area contributed by atoms with Gasteiger partial charge in [-0.05, 0) is 36.2 Å². The first-order chi connectivity index (χ1) is 14.8. The number of nitrogens with zero attached hydrogens (tertiary/aromatic N) is 3. The summed E-state index contributed by atoms with van der Waals surface area (Å²) in [5.74, 6) is -0.394. The predicted molar refractivity (Wildman–Crippen MR) is 127 cm³/mol. The maximum Gasteiger partial charge on any atom is 0.260 e. The number of rotatable bonds is 5. The van der Waals surface area contributed by atoms with E-state index < -0.39 is 10.7 Å². The Balaban J connectivity index is 1.56. The molecule has 0 aliphatic carbocycles. The zero-order valence-electron chi connectivity index (χ0n) is 17.0. The Morgan fingerprint density at radius 3 is 2.77 bits per heavy atom. The van der Waals surface area contributed by atoms with Gasteiger partial charge in [0.05, 0.1) is 10.7 Å². The van der Waals surface area contributed by atoms with Crippen molar-refractivity contribution in [2.24, 2.45) is 10.9 Å². The fourth-order valence-electron chi connectivity index (χ4n) is 3.98. The highest BCUT2D eigenvalue weighted by Crippen LogP contribution is 2.37. The standard InChI is InChI=1S/C22H23Cl3N4O2/c1-28(22(30)21(24)25)15-5-2-4-13(10-15)19-11-17(27-31-19)20-16(23)6-3-7-18(20)29-9-8-14(26)12-29/h2-7,10,14,19,21H,8-9,11-12,26H2,1H3. The summed E-state index contributed by atoms with van der Waals surface area (Å²) in [6.07, 6.45) is 1.22. The van der Waals surface area contributed by atoms with Gasteiger partial charge in [-0.15, -0.1) is 0 Å². The van der Waals surface area contributed by atoms with Crippen molar-refractivity contribution in [3.8, 4) is 0 Å². The van der Waals surface area contributed by atoms with Crippen LogP contribution in [0.2, 0.25) is 5.02 Å². The molecule has 0 saturated carbocycles. The number of halogens is 3. The van der Waals surface area contributed by atoms with Gasteiger partial charge in [0.15, 0.2) is 10.9 Å². The molecule has 0 aromatic heterocycles. The van der Waals surface area contributed by atoms with E-state index in [-0.39, 0.29) is 12.1 Å². The Hall–Kier alpha value is -1.99. The van der Waals surface area contributed by atoms with Crippen LogP contribution in [0.1, 0.15) is 30.1 Å². The highest BCUT2D eigenvalue weighted by Gasteiger charge is 2.30. The number of nitrogens with two attached hydrogens (primary N) is 1. The molecule has 1 fully saturated rings. The number of oxime groups is 1. The zero-order valence-corrected chi connectivity index (χ0v) is 19.2. The SMILES string of the molecule is CN(C(=O)C(Cl)Cl)c1cccc(C2CC(c3c(Cl)cccc3N3CCC(N)C3)=NO2)c1. The topological polar surface area (TPSA) is 71.2 Å². The quantitative estimate of drug-likeness (QED) is 0.638. The van der Waals surface area contributed by atoms with Gasteiger partial charge in [-0.25, -0.2) is 0 Å². The van der Waals surface area contributed by atoms with Gasteiger partial charge < -0.3 is 20.4 Å². The second-order valence-corrected chi connectivity index (χ2v) is 9.26. The minimum Gasteiger partial charge on any atom is -0.387 e. The Morgan fingerprint density at radius 1 is 1.29 bits per heavy atom. The van der Waals surface area contributed by atoms with E-state index in [4.69, 9.17) is 45.4 Å². The van der Waals surface area contributed by atoms with Crippen molar-refractivity contribution in [1.82, 2.24) is 0 Å². The molecule has 9 heteroatoms. The van der Waals surface area contributed by atoms with Gasteiger partial charge in [0, 0.05) is 49.5 Å². The van der Waals surface area contributed by atoms with Gasteiger partial charge in [-0.1, -0.05) is 58.2 Å². The molecule has 2 atom stereocenters. The minimum absolute atomic E-state index is 0.157. The van der Waals surface area contributed by atoms with Gasteiger partial charge in [-0.3, -0.25) is 4.79 Å². The van der Waals surface area contributed by atoms with E-state index in [1.54, 1.807) is 7.05 Å². The summed E-state index contributed by atoms with van der Waals surface area (Å²) < 4.78 is 0. The zero-order chi connectivity index (χ0) is 22.1. The van der Waals surface area contributed by atoms with Crippen molar-refractivity contribution in [1.29, 1.82) is 0 Å². The van der Waals surface area contributed by atoms with Crippen LogP contribution in [0.15, 0.2) is 47.6 Å². The van der Waals surface area contributed by atoms with Gasteiger partial charge >= 0.3 is 0 Å². The second-order valence-electron chi connectivity index (χ2n) is 7.76. The lowest BCUT2D eigenvalue weighted by molar-refractivity contribution is -0.116. The van der Waals surface area contributed by atoms with E-state index >= 15 is 0 Å². The molecule has 31 heavy (non-hydrogen) atoms. The van der Waals surface area contributed by atoms with Gasteiger partial charge in [0.2, 0.25) is 0 Å². The fourth-order valence-corrected chi connectivity index (χ4v) is 4.55. The number of alkyl halides is 2. The molecule has 0 spiro atoms. The molecule has 2 aromatic rings. The molecule has 4 rings (SSSR count). The van der Waals surface area contributed by atoms with E-state index in [0.29, 0.717) is 17.1 Å². The van der Waals surface area contributed by atoms with Crippen LogP contribution in [0.3, 0.4) is 0 Å². The number of hydrogen-bond acceptors (Lipinski definition) is 5. The summed E-state index contributed by atoms with van der Waals surface area (Å²) in [5.41, 5.74) is 10.4. The van der Waals surface area contributed by atoms with E-state index in [2.05, 4.69) is 10.1 Å². The predicted octanol–water partition coefficient (Wildman–Crippen LogP) is 4.51. The lowest BCUT2D eigenvalue weighted by Gasteiger charge is -2.22. The third kappa shape index (κ3) is 4.62. The van der Waals surface area contributed by atoms with E-state index in [0.717, 1.165) is 42.0 Å². The average Bonchev–Trinajstić information content (AvgIpc) is 3.42. The minimum atomic E-state index is -1.12. The van der Waals surface area contributed by atoms with Crippen molar-refractivity contribution in [3.63, 3.8) is 0 Å². The fraction of sp³-hybridized carbons (Fsp3) is 0.364. The smallest absolute Gasteiger partial charge is 0.260 e. The molecule has 6 nitrogen and oxygen atoms in total. The lowest BCUT2D eigenvalue weighted by Crippen LogP contribution is -2.31. The van der Waals surface area contributed by atoms with Crippen LogP contribution in [0.4, 0.5) is 11.4 Å². The van der Waals surface area contributed by atoms with Crippen LogP contribution in [0.5, 0.6) is 0 Å². The molecule has 0 bridgehead atoms. The van der Waals surface area contributed by atoms with Gasteiger partial charge in [0.25, 0.3) is 5.91 Å². The molecule has 2 unspecified atom stereocenters. The molecular weight excluding hydrogens is 459 g/mol. The normalized spacial score (nSPS) is 20.7. The van der Waals surface area contributed by atoms with Crippen molar-refractivity contribution in [2.45, 2.75) is 29.8 Å². The van der Waals surface area contributed by atoms with Crippen LogP contribution < -0.4 is 15.5 Å². The highest BCUT2D eigenvalue weighted by atomic mass is 35.5. The summed E-state index contributed by atoms with van der Waals surface area (Å²) in [6.45, 7) is 1.67. The first kappa shape index (κ1) is 22.2. The van der Waals surface area contributed by atoms with Crippen LogP contribution in [0.25, 0.3) is 0 Å². The summed E-state index contributed by atoms with van der Waals surface area (Å²) in [4.78, 5) is 20.4. The first-order valence-electron chi connectivity index (χ1n) is 10.0. The molecule has 2 aliphatic rings. The number of carbonyl (C=O) groups excluding carboxylic acids is 1. The monoisotopic (exact) mass is 480 g/mol. The van der Waals surface area contributed by atoms with Crippen LogP contribution in [0, 0.1) is 0 Å². The maximum atomic E-state index is 12.1. The third-order valence-electron chi connectivity index (χ3n) is 5.66. The molecule has 164 valence electrons. The largest absolute Gasteiger partial charge is 0.387 e. The Labute approximate surface area is 196 Å². The van der Waals surface area contributed by atoms with E-state index in [1.165, 1.54) is 4.90 Å². The van der Waals surface area contributed by atoms with Gasteiger partial charge in [-0.2, -0.15) is 0 Å². The lowest BCUT2D eigenvalue weighted by atomic mass is 9.98. The van der Waals surface area contributed by atoms with E-state index in [9.17, 15) is 4.79 Å². The molecule has 2 aromatic carbocycles. The molecule has 1 amide bonds. The number of benzene rings is 2. The molecule has 2 N–H and O–H groups in total. The van der Waals surface area contributed by atoms with Crippen molar-refractivity contribution in [3.05, 3.63) is 58.6 Å². The van der Waals surface area contributed by atoms with Gasteiger partial charge in [0.1, 0.15) is 0 Å². The Morgan fingerprint density at radius 2 is 2.06 bits per heavy atom. The molecule has 2 aliphatic heterocycles. The van der Waals surface area contributed by atoms with Crippen molar-refractivity contribution in [2.75, 3.05) is 29.9 Å². The summed E-state index contributed by atoms with van der Waals surface area (Å²) >= 11 is 18.0. The summed E-state index contributed by atoms with van der Waals surface area (Å²) in [6, 6.07) is 13.5. The van der Waals surface area contributed by atoms with Crippen LogP contribution in [-0.2, 0) is 9.63 Å². The molecule has 0 radical (unpaired) electrons.